The zero-order valence-electron chi connectivity index (χ0n) is 15.2. The van der Waals surface area contributed by atoms with E-state index in [1.807, 2.05) is 0 Å². The van der Waals surface area contributed by atoms with Crippen molar-refractivity contribution in [3.63, 3.8) is 0 Å². The predicted octanol–water partition coefficient (Wildman–Crippen LogP) is 4.00. The van der Waals surface area contributed by atoms with Crippen LogP contribution in [0, 0.1) is 6.92 Å². The third-order valence-electron chi connectivity index (χ3n) is 4.68. The van der Waals surface area contributed by atoms with Crippen molar-refractivity contribution >= 4 is 33.2 Å². The lowest BCUT2D eigenvalue weighted by Gasteiger charge is -2.26. The predicted molar refractivity (Wildman–Crippen MR) is 108 cm³/mol. The average molecular weight is 407 g/mol. The number of aryl methyl sites for hydroxylation is 1. The van der Waals surface area contributed by atoms with E-state index in [1.54, 1.807) is 49.4 Å². The first-order valence-corrected chi connectivity index (χ1v) is 10.8. The number of hydrogen-bond acceptors (Lipinski definition) is 3. The molecule has 0 aromatic heterocycles. The Kier molecular flexibility index (Phi) is 6.19. The molecule has 2 aromatic carbocycles. The van der Waals surface area contributed by atoms with Gasteiger partial charge in [-0.2, -0.15) is 4.31 Å². The van der Waals surface area contributed by atoms with Crippen LogP contribution in [0.4, 0.5) is 5.69 Å². The molecule has 0 bridgehead atoms. The molecule has 1 N–H and O–H groups in total. The number of carbonyl (C=O) groups excluding carboxylic acids is 1. The minimum absolute atomic E-state index is 0.194. The van der Waals surface area contributed by atoms with E-state index >= 15 is 0 Å². The number of hydrogen-bond donors (Lipinski definition) is 1. The van der Waals surface area contributed by atoms with Gasteiger partial charge in [-0.25, -0.2) is 8.42 Å². The minimum Gasteiger partial charge on any atom is -0.326 e. The molecule has 3 rings (SSSR count). The topological polar surface area (TPSA) is 66.5 Å². The number of rotatable bonds is 5. The van der Waals surface area contributed by atoms with Crippen molar-refractivity contribution < 1.29 is 13.2 Å². The van der Waals surface area contributed by atoms with Gasteiger partial charge in [-0.15, -0.1) is 0 Å². The molecular formula is C20H23ClN2O3S. The maximum absolute atomic E-state index is 13.0. The van der Waals surface area contributed by atoms with Crippen molar-refractivity contribution in [1.82, 2.24) is 4.31 Å². The second kappa shape index (κ2) is 8.42. The number of sulfonamides is 1. The Morgan fingerprint density at radius 1 is 1.07 bits per heavy atom. The van der Waals surface area contributed by atoms with Gasteiger partial charge in [0.15, 0.2) is 0 Å². The lowest BCUT2D eigenvalue weighted by atomic mass is 10.1. The molecule has 0 unspecified atom stereocenters. The molecule has 1 aliphatic heterocycles. The fourth-order valence-electron chi connectivity index (χ4n) is 3.19. The summed E-state index contributed by atoms with van der Waals surface area (Å²) in [7, 11) is -3.55. The Morgan fingerprint density at radius 2 is 1.74 bits per heavy atom. The van der Waals surface area contributed by atoms with Crippen LogP contribution in [-0.2, 0) is 21.2 Å². The smallest absolute Gasteiger partial charge is 0.243 e. The lowest BCUT2D eigenvalue weighted by Crippen LogP contribution is -2.36. The van der Waals surface area contributed by atoms with E-state index in [9.17, 15) is 13.2 Å². The monoisotopic (exact) mass is 406 g/mol. The molecule has 0 aliphatic carbocycles. The summed E-state index contributed by atoms with van der Waals surface area (Å²) in [4.78, 5) is 12.6. The van der Waals surface area contributed by atoms with Crippen LogP contribution in [0.15, 0.2) is 47.4 Å². The molecule has 0 saturated carbocycles. The molecule has 0 radical (unpaired) electrons. The summed E-state index contributed by atoms with van der Waals surface area (Å²) in [5, 5.41) is 3.41. The van der Waals surface area contributed by atoms with Gasteiger partial charge in [0.05, 0.1) is 11.3 Å². The maximum atomic E-state index is 13.0. The first-order valence-electron chi connectivity index (χ1n) is 9.01. The number of benzene rings is 2. The highest BCUT2D eigenvalue weighted by molar-refractivity contribution is 7.89. The Morgan fingerprint density at radius 3 is 2.41 bits per heavy atom. The van der Waals surface area contributed by atoms with Gasteiger partial charge in [0.2, 0.25) is 15.9 Å². The van der Waals surface area contributed by atoms with Gasteiger partial charge >= 0.3 is 0 Å². The summed E-state index contributed by atoms with van der Waals surface area (Å²) >= 11 is 5.86. The minimum atomic E-state index is -3.55. The number of nitrogens with one attached hydrogen (secondary N) is 1. The number of piperidine rings is 1. The van der Waals surface area contributed by atoms with Crippen LogP contribution < -0.4 is 5.32 Å². The van der Waals surface area contributed by atoms with Gasteiger partial charge in [-0.05, 0) is 55.2 Å². The van der Waals surface area contributed by atoms with Crippen LogP contribution >= 0.6 is 11.6 Å². The average Bonchev–Trinajstić information content (AvgIpc) is 2.66. The molecule has 1 heterocycles. The van der Waals surface area contributed by atoms with E-state index in [4.69, 9.17) is 11.6 Å². The number of halogens is 1. The molecule has 1 amide bonds. The third kappa shape index (κ3) is 4.89. The lowest BCUT2D eigenvalue weighted by molar-refractivity contribution is -0.115. The third-order valence-corrected chi connectivity index (χ3v) is 6.98. The molecule has 0 atom stereocenters. The maximum Gasteiger partial charge on any atom is 0.243 e. The van der Waals surface area contributed by atoms with Crippen LogP contribution in [0.3, 0.4) is 0 Å². The zero-order valence-corrected chi connectivity index (χ0v) is 16.8. The molecule has 1 saturated heterocycles. The van der Waals surface area contributed by atoms with Crippen LogP contribution in [0.5, 0.6) is 0 Å². The highest BCUT2D eigenvalue weighted by atomic mass is 35.5. The van der Waals surface area contributed by atoms with Gasteiger partial charge in [-0.3, -0.25) is 4.79 Å². The van der Waals surface area contributed by atoms with Crippen molar-refractivity contribution in [1.29, 1.82) is 0 Å². The first kappa shape index (κ1) is 19.9. The zero-order chi connectivity index (χ0) is 19.4. The van der Waals surface area contributed by atoms with Crippen LogP contribution in [0.2, 0.25) is 5.02 Å². The number of nitrogens with zero attached hydrogens (tertiary/aromatic N) is 1. The highest BCUT2D eigenvalue weighted by Crippen LogP contribution is 2.26. The quantitative estimate of drug-likeness (QED) is 0.815. The molecule has 27 heavy (non-hydrogen) atoms. The van der Waals surface area contributed by atoms with Gasteiger partial charge < -0.3 is 5.32 Å². The van der Waals surface area contributed by atoms with Gasteiger partial charge in [0.1, 0.15) is 0 Å². The molecule has 1 aliphatic rings. The van der Waals surface area contributed by atoms with E-state index in [1.165, 1.54) is 4.31 Å². The summed E-state index contributed by atoms with van der Waals surface area (Å²) in [5.41, 5.74) is 2.00. The second-order valence-electron chi connectivity index (χ2n) is 6.80. The van der Waals surface area contributed by atoms with Crippen LogP contribution in [0.25, 0.3) is 0 Å². The van der Waals surface area contributed by atoms with E-state index in [0.29, 0.717) is 29.4 Å². The number of anilines is 1. The molecule has 144 valence electrons. The molecular weight excluding hydrogens is 384 g/mol. The van der Waals surface area contributed by atoms with Crippen LogP contribution in [0.1, 0.15) is 30.4 Å². The molecule has 5 nitrogen and oxygen atoms in total. The number of amides is 1. The normalized spacial score (nSPS) is 15.5. The Labute approximate surface area is 165 Å². The fourth-order valence-corrected chi connectivity index (χ4v) is 5.09. The fraction of sp³-hybridized carbons (Fsp3) is 0.350. The van der Waals surface area contributed by atoms with E-state index in [-0.39, 0.29) is 17.2 Å². The summed E-state index contributed by atoms with van der Waals surface area (Å²) in [6, 6.07) is 12.1. The summed E-state index contributed by atoms with van der Waals surface area (Å²) in [5.74, 6) is -0.206. The van der Waals surface area contributed by atoms with Crippen molar-refractivity contribution in [3.8, 4) is 0 Å². The molecule has 0 spiro atoms. The van der Waals surface area contributed by atoms with Gasteiger partial charge in [0.25, 0.3) is 0 Å². The van der Waals surface area contributed by atoms with E-state index in [0.717, 1.165) is 24.8 Å². The van der Waals surface area contributed by atoms with Crippen molar-refractivity contribution in [2.45, 2.75) is 37.5 Å². The van der Waals surface area contributed by atoms with E-state index in [2.05, 4.69) is 5.32 Å². The van der Waals surface area contributed by atoms with E-state index < -0.39 is 10.0 Å². The molecule has 2 aromatic rings. The Balaban J connectivity index is 1.76. The first-order chi connectivity index (χ1) is 12.9. The Hall–Kier alpha value is -1.89. The molecule has 1 fully saturated rings. The van der Waals surface area contributed by atoms with Gasteiger partial charge in [0, 0.05) is 23.8 Å². The summed E-state index contributed by atoms with van der Waals surface area (Å²) < 4.78 is 27.5. The standard InChI is InChI=1S/C20H23ClN2O3S/c1-15-5-10-18(22-20(24)13-16-6-8-17(21)9-7-16)14-19(15)27(25,26)23-11-3-2-4-12-23/h5-10,14H,2-4,11-13H2,1H3,(H,22,24). The SMILES string of the molecule is Cc1ccc(NC(=O)Cc2ccc(Cl)cc2)cc1S(=O)(=O)N1CCCCC1. The van der Waals surface area contributed by atoms with Crippen molar-refractivity contribution in [2.24, 2.45) is 0 Å². The van der Waals surface area contributed by atoms with Crippen molar-refractivity contribution in [3.05, 3.63) is 58.6 Å². The largest absolute Gasteiger partial charge is 0.326 e. The number of carbonyl (C=O) groups is 1. The van der Waals surface area contributed by atoms with Gasteiger partial charge in [-0.1, -0.05) is 36.2 Å². The second-order valence-corrected chi connectivity index (χ2v) is 9.14. The highest BCUT2D eigenvalue weighted by Gasteiger charge is 2.27. The Bertz CT molecular complexity index is 921. The van der Waals surface area contributed by atoms with Crippen molar-refractivity contribution in [2.75, 3.05) is 18.4 Å². The summed E-state index contributed by atoms with van der Waals surface area (Å²) in [6.45, 7) is 2.87. The summed E-state index contributed by atoms with van der Waals surface area (Å²) in [6.07, 6.45) is 3.02. The van der Waals surface area contributed by atoms with Crippen LogP contribution in [-0.4, -0.2) is 31.7 Å². The molecule has 7 heteroatoms.